The minimum Gasteiger partial charge on any atom is -0.298 e. The van der Waals surface area contributed by atoms with E-state index in [1.807, 2.05) is 24.5 Å². The van der Waals surface area contributed by atoms with Gasteiger partial charge in [0.05, 0.1) is 13.3 Å². The van der Waals surface area contributed by atoms with E-state index in [0.29, 0.717) is 19.8 Å². The molecule has 0 unspecified atom stereocenters. The molecule has 1 aromatic heterocycles. The first-order valence-corrected chi connectivity index (χ1v) is 10.2. The first-order chi connectivity index (χ1) is 14.0. The van der Waals surface area contributed by atoms with Crippen LogP contribution >= 0.6 is 0 Å². The number of aromatic nitrogens is 2. The average molecular weight is 389 g/mol. The summed E-state index contributed by atoms with van der Waals surface area (Å²) in [6.07, 6.45) is 0.695. The molecule has 0 spiro atoms. The lowest BCUT2D eigenvalue weighted by atomic mass is 10.1. The Hall–Kier alpha value is -2.92. The number of nitrogens with zero attached hydrogens (tertiary/aromatic N) is 4. The number of benzene rings is 2. The lowest BCUT2D eigenvalue weighted by Crippen LogP contribution is -2.47. The van der Waals surface area contributed by atoms with Gasteiger partial charge in [-0.1, -0.05) is 43.3 Å². The van der Waals surface area contributed by atoms with Crippen LogP contribution in [0.15, 0.2) is 53.3 Å². The molecule has 0 saturated carbocycles. The van der Waals surface area contributed by atoms with Crippen LogP contribution in [0.4, 0.5) is 11.6 Å². The van der Waals surface area contributed by atoms with Gasteiger partial charge in [0.2, 0.25) is 5.95 Å². The van der Waals surface area contributed by atoms with Gasteiger partial charge in [-0.25, -0.2) is 4.98 Å². The second kappa shape index (κ2) is 7.84. The van der Waals surface area contributed by atoms with Gasteiger partial charge in [-0.3, -0.25) is 19.2 Å². The monoisotopic (exact) mass is 388 g/mol. The molecule has 1 aliphatic rings. The number of fused-ring (bicyclic) bond motifs is 1. The molecular formula is C24H28N4O. The molecule has 2 heterocycles. The molecule has 150 valence electrons. The largest absolute Gasteiger partial charge is 0.298 e. The molecule has 5 nitrogen and oxygen atoms in total. The summed E-state index contributed by atoms with van der Waals surface area (Å²) < 4.78 is 1.83. The zero-order chi connectivity index (χ0) is 20.5. The van der Waals surface area contributed by atoms with Gasteiger partial charge in [-0.2, -0.15) is 0 Å². The van der Waals surface area contributed by atoms with E-state index in [0.717, 1.165) is 29.4 Å². The van der Waals surface area contributed by atoms with E-state index in [2.05, 4.69) is 66.1 Å². The van der Waals surface area contributed by atoms with Gasteiger partial charge in [-0.05, 0) is 56.0 Å². The van der Waals surface area contributed by atoms with E-state index in [1.54, 1.807) is 0 Å². The first-order valence-electron chi connectivity index (χ1n) is 10.2. The van der Waals surface area contributed by atoms with Crippen molar-refractivity contribution < 1.29 is 0 Å². The van der Waals surface area contributed by atoms with Crippen molar-refractivity contribution in [2.45, 2.75) is 47.3 Å². The Kier molecular flexibility index (Phi) is 5.24. The molecule has 0 amide bonds. The van der Waals surface area contributed by atoms with Crippen molar-refractivity contribution in [3.8, 4) is 0 Å². The van der Waals surface area contributed by atoms with E-state index in [9.17, 15) is 4.79 Å². The second-order valence-electron chi connectivity index (χ2n) is 7.86. The maximum Gasteiger partial charge on any atom is 0.259 e. The highest BCUT2D eigenvalue weighted by Gasteiger charge is 2.27. The quantitative estimate of drug-likeness (QED) is 0.668. The lowest BCUT2D eigenvalue weighted by molar-refractivity contribution is 0.189. The van der Waals surface area contributed by atoms with E-state index in [-0.39, 0.29) is 5.56 Å². The van der Waals surface area contributed by atoms with Crippen LogP contribution in [0.5, 0.6) is 0 Å². The Labute approximate surface area is 172 Å². The summed E-state index contributed by atoms with van der Waals surface area (Å²) in [5.41, 5.74) is 6.49. The fourth-order valence-electron chi connectivity index (χ4n) is 3.97. The molecule has 29 heavy (non-hydrogen) atoms. The molecule has 3 aromatic rings. The van der Waals surface area contributed by atoms with Crippen LogP contribution in [0, 0.1) is 20.8 Å². The third-order valence-electron chi connectivity index (χ3n) is 5.78. The molecule has 0 radical (unpaired) electrons. The molecule has 2 aromatic carbocycles. The molecule has 1 aliphatic heterocycles. The summed E-state index contributed by atoms with van der Waals surface area (Å²) in [6.45, 7) is 10.2. The van der Waals surface area contributed by atoms with Crippen LogP contribution in [-0.2, 0) is 19.6 Å². The van der Waals surface area contributed by atoms with Crippen LogP contribution in [0.1, 0.15) is 34.9 Å². The van der Waals surface area contributed by atoms with E-state index >= 15 is 0 Å². The summed E-state index contributed by atoms with van der Waals surface area (Å²) in [7, 11) is 0. The molecule has 0 N–H and O–H groups in total. The lowest BCUT2D eigenvalue weighted by Gasteiger charge is -2.38. The van der Waals surface area contributed by atoms with E-state index < -0.39 is 0 Å². The summed E-state index contributed by atoms with van der Waals surface area (Å²) in [5, 5.41) is 0. The molecule has 0 aliphatic carbocycles. The number of hydrogen-bond acceptors (Lipinski definition) is 4. The Balaban J connectivity index is 1.81. The summed E-state index contributed by atoms with van der Waals surface area (Å²) in [6, 6.07) is 16.8. The zero-order valence-corrected chi connectivity index (χ0v) is 17.6. The normalized spacial score (nSPS) is 14.1. The van der Waals surface area contributed by atoms with Crippen molar-refractivity contribution in [3.63, 3.8) is 0 Å². The highest BCUT2D eigenvalue weighted by atomic mass is 16.1. The Bertz CT molecular complexity index is 1090. The second-order valence-corrected chi connectivity index (χ2v) is 7.86. The summed E-state index contributed by atoms with van der Waals surface area (Å²) in [4.78, 5) is 22.5. The van der Waals surface area contributed by atoms with Gasteiger partial charge in [0.15, 0.2) is 0 Å². The van der Waals surface area contributed by atoms with E-state index in [1.165, 1.54) is 16.7 Å². The predicted molar refractivity (Wildman–Crippen MR) is 118 cm³/mol. The fourth-order valence-corrected chi connectivity index (χ4v) is 3.97. The topological polar surface area (TPSA) is 41.4 Å². The number of aryl methyl sites for hydroxylation is 3. The SMILES string of the molecule is CCc1c(C)nc2n(c1=O)CN(Cc1ccccc1)CN2c1ccc(C)c(C)c1. The highest BCUT2D eigenvalue weighted by Crippen LogP contribution is 2.29. The molecular weight excluding hydrogens is 360 g/mol. The molecule has 0 atom stereocenters. The van der Waals surface area contributed by atoms with Crippen molar-refractivity contribution >= 4 is 11.6 Å². The highest BCUT2D eigenvalue weighted by molar-refractivity contribution is 5.60. The Morgan fingerprint density at radius 2 is 1.72 bits per heavy atom. The van der Waals surface area contributed by atoms with Crippen molar-refractivity contribution in [1.29, 1.82) is 0 Å². The Morgan fingerprint density at radius 3 is 2.41 bits per heavy atom. The van der Waals surface area contributed by atoms with Gasteiger partial charge in [0, 0.05) is 23.5 Å². The smallest absolute Gasteiger partial charge is 0.259 e. The van der Waals surface area contributed by atoms with E-state index in [4.69, 9.17) is 4.98 Å². The molecule has 4 rings (SSSR count). The van der Waals surface area contributed by atoms with Gasteiger partial charge < -0.3 is 0 Å². The third kappa shape index (κ3) is 3.70. The van der Waals surface area contributed by atoms with Gasteiger partial charge in [0.1, 0.15) is 0 Å². The van der Waals surface area contributed by atoms with Gasteiger partial charge in [0.25, 0.3) is 5.56 Å². The van der Waals surface area contributed by atoms with Crippen LogP contribution in [-0.4, -0.2) is 21.1 Å². The number of rotatable bonds is 4. The molecule has 0 fully saturated rings. The maximum absolute atomic E-state index is 13.2. The van der Waals surface area contributed by atoms with Crippen molar-refractivity contribution in [2.24, 2.45) is 0 Å². The molecule has 0 bridgehead atoms. The average Bonchev–Trinajstić information content (AvgIpc) is 2.71. The summed E-state index contributed by atoms with van der Waals surface area (Å²) >= 11 is 0. The standard InChI is InChI=1S/C24H28N4O/c1-5-22-19(4)25-24-27(21-12-11-17(2)18(3)13-21)15-26(16-28(24)23(22)29)14-20-9-7-6-8-10-20/h6-13H,5,14-16H2,1-4H3. The molecule has 0 saturated heterocycles. The van der Waals surface area contributed by atoms with Crippen molar-refractivity contribution in [3.05, 3.63) is 86.8 Å². The Morgan fingerprint density at radius 1 is 0.966 bits per heavy atom. The van der Waals surface area contributed by atoms with Crippen LogP contribution < -0.4 is 10.5 Å². The minimum absolute atomic E-state index is 0.0709. The number of hydrogen-bond donors (Lipinski definition) is 0. The van der Waals surface area contributed by atoms with Crippen LogP contribution in [0.3, 0.4) is 0 Å². The fraction of sp³-hybridized carbons (Fsp3) is 0.333. The minimum atomic E-state index is 0.0709. The predicted octanol–water partition coefficient (Wildman–Crippen LogP) is 4.30. The van der Waals surface area contributed by atoms with Crippen molar-refractivity contribution in [1.82, 2.24) is 14.5 Å². The summed E-state index contributed by atoms with van der Waals surface area (Å²) in [5.74, 6) is 0.734. The zero-order valence-electron chi connectivity index (χ0n) is 17.6. The number of anilines is 2. The maximum atomic E-state index is 13.2. The van der Waals surface area contributed by atoms with Crippen LogP contribution in [0.2, 0.25) is 0 Å². The first kappa shape index (κ1) is 19.4. The van der Waals surface area contributed by atoms with Gasteiger partial charge in [-0.15, -0.1) is 0 Å². The van der Waals surface area contributed by atoms with Crippen LogP contribution in [0.25, 0.3) is 0 Å². The van der Waals surface area contributed by atoms with Gasteiger partial charge >= 0.3 is 0 Å². The van der Waals surface area contributed by atoms with Crippen molar-refractivity contribution in [2.75, 3.05) is 11.6 Å². The third-order valence-corrected chi connectivity index (χ3v) is 5.78. The molecule has 5 heteroatoms.